The lowest BCUT2D eigenvalue weighted by Crippen LogP contribution is -2.13. The Bertz CT molecular complexity index is 552. The van der Waals surface area contributed by atoms with Crippen molar-refractivity contribution in [3.05, 3.63) is 0 Å². The van der Waals surface area contributed by atoms with Crippen LogP contribution in [0.15, 0.2) is 0 Å². The standard InChI is InChI=1S/C38H79O3P/c1-4-7-9-11-13-15-17-19-21-22-24-26-28-30-32-34-36-38(41-42(39,40)37-6-3)35-33-31-29-27-25-23-20-18-16-14-12-10-8-5-2/h38H,4-37H2,1-3H3,(H,39,40). The number of rotatable bonds is 36. The molecule has 0 saturated carbocycles. The molecular weight excluding hydrogens is 535 g/mol. The Labute approximate surface area is 266 Å². The Morgan fingerprint density at radius 3 is 0.881 bits per heavy atom. The van der Waals surface area contributed by atoms with Crippen molar-refractivity contribution in [2.75, 3.05) is 6.16 Å². The average Bonchev–Trinajstić information content (AvgIpc) is 2.96. The lowest BCUT2D eigenvalue weighted by atomic mass is 10.0. The van der Waals surface area contributed by atoms with Gasteiger partial charge in [0.25, 0.3) is 0 Å². The maximum Gasteiger partial charge on any atom is 0.328 e. The van der Waals surface area contributed by atoms with Crippen LogP contribution < -0.4 is 0 Å². The van der Waals surface area contributed by atoms with E-state index in [1.54, 1.807) is 0 Å². The molecule has 1 N–H and O–H groups in total. The summed E-state index contributed by atoms with van der Waals surface area (Å²) in [4.78, 5) is 10.3. The smallest absolute Gasteiger partial charge is 0.324 e. The largest absolute Gasteiger partial charge is 0.328 e. The van der Waals surface area contributed by atoms with Gasteiger partial charge in [0.05, 0.1) is 6.10 Å². The lowest BCUT2D eigenvalue weighted by Gasteiger charge is -2.21. The molecule has 0 aromatic rings. The van der Waals surface area contributed by atoms with Crippen molar-refractivity contribution in [1.29, 1.82) is 0 Å². The van der Waals surface area contributed by atoms with Gasteiger partial charge >= 0.3 is 7.60 Å². The van der Waals surface area contributed by atoms with Crippen LogP contribution in [-0.2, 0) is 9.09 Å². The summed E-state index contributed by atoms with van der Waals surface area (Å²) in [6, 6.07) is 0. The zero-order valence-electron chi connectivity index (χ0n) is 29.3. The van der Waals surface area contributed by atoms with Crippen LogP contribution in [0.25, 0.3) is 0 Å². The maximum absolute atomic E-state index is 12.5. The van der Waals surface area contributed by atoms with Gasteiger partial charge in [0.15, 0.2) is 0 Å². The van der Waals surface area contributed by atoms with Crippen molar-refractivity contribution in [1.82, 2.24) is 0 Å². The van der Waals surface area contributed by atoms with Gasteiger partial charge in [-0.3, -0.25) is 4.57 Å². The van der Waals surface area contributed by atoms with E-state index in [2.05, 4.69) is 13.8 Å². The molecule has 0 bridgehead atoms. The van der Waals surface area contributed by atoms with Gasteiger partial charge in [-0.15, -0.1) is 0 Å². The molecule has 254 valence electrons. The molecule has 0 amide bonds. The second-order valence-electron chi connectivity index (χ2n) is 13.6. The molecular formula is C38H79O3P. The topological polar surface area (TPSA) is 46.5 Å². The molecule has 0 aliphatic heterocycles. The van der Waals surface area contributed by atoms with Gasteiger partial charge < -0.3 is 9.42 Å². The first kappa shape index (κ1) is 42.1. The van der Waals surface area contributed by atoms with Gasteiger partial charge in [0.2, 0.25) is 0 Å². The van der Waals surface area contributed by atoms with Crippen LogP contribution in [0.2, 0.25) is 0 Å². The Kier molecular flexibility index (Phi) is 34.2. The average molecular weight is 615 g/mol. The third-order valence-corrected chi connectivity index (χ3v) is 10.7. The van der Waals surface area contributed by atoms with E-state index in [0.29, 0.717) is 12.6 Å². The van der Waals surface area contributed by atoms with Gasteiger partial charge in [-0.1, -0.05) is 213 Å². The molecule has 3 nitrogen and oxygen atoms in total. The minimum absolute atomic E-state index is 0.0312. The Morgan fingerprint density at radius 2 is 0.643 bits per heavy atom. The molecule has 0 saturated heterocycles. The SMILES string of the molecule is CCCCCCCCCCCCCCCCCCC(CCCCCCCCCCCCCCCC)OP(=O)(O)CCC. The first-order valence-electron chi connectivity index (χ1n) is 19.6. The van der Waals surface area contributed by atoms with Crippen LogP contribution in [0, 0.1) is 0 Å². The van der Waals surface area contributed by atoms with E-state index in [9.17, 15) is 9.46 Å². The molecule has 0 heterocycles. The molecule has 2 unspecified atom stereocenters. The van der Waals surface area contributed by atoms with Crippen LogP contribution in [0.1, 0.15) is 233 Å². The van der Waals surface area contributed by atoms with Crippen LogP contribution in [0.5, 0.6) is 0 Å². The van der Waals surface area contributed by atoms with E-state index in [4.69, 9.17) is 4.52 Å². The van der Waals surface area contributed by atoms with E-state index in [1.807, 2.05) is 6.92 Å². The zero-order chi connectivity index (χ0) is 30.8. The van der Waals surface area contributed by atoms with E-state index in [0.717, 1.165) is 25.7 Å². The molecule has 0 aliphatic carbocycles. The third kappa shape index (κ3) is 33.1. The van der Waals surface area contributed by atoms with Crippen molar-refractivity contribution in [3.63, 3.8) is 0 Å². The predicted molar refractivity (Wildman–Crippen MR) is 189 cm³/mol. The molecule has 2 atom stereocenters. The van der Waals surface area contributed by atoms with Crippen molar-refractivity contribution in [2.45, 2.75) is 239 Å². The van der Waals surface area contributed by atoms with Crippen LogP contribution in [-0.4, -0.2) is 17.2 Å². The predicted octanol–water partition coefficient (Wildman–Crippen LogP) is 14.5. The molecule has 0 aromatic heterocycles. The van der Waals surface area contributed by atoms with Crippen molar-refractivity contribution in [2.24, 2.45) is 0 Å². The lowest BCUT2D eigenvalue weighted by molar-refractivity contribution is 0.150. The van der Waals surface area contributed by atoms with Crippen molar-refractivity contribution in [3.8, 4) is 0 Å². The quantitative estimate of drug-likeness (QED) is 0.0564. The second kappa shape index (κ2) is 34.0. The Morgan fingerprint density at radius 1 is 0.405 bits per heavy atom. The number of hydrogen-bond donors (Lipinski definition) is 1. The highest BCUT2D eigenvalue weighted by Crippen LogP contribution is 2.45. The molecule has 0 fully saturated rings. The molecule has 42 heavy (non-hydrogen) atoms. The first-order valence-corrected chi connectivity index (χ1v) is 21.3. The summed E-state index contributed by atoms with van der Waals surface area (Å²) in [6.07, 6.45) is 44.0. The van der Waals surface area contributed by atoms with Gasteiger partial charge in [-0.25, -0.2) is 0 Å². The summed E-state index contributed by atoms with van der Waals surface area (Å²) in [5.74, 6) is 0. The summed E-state index contributed by atoms with van der Waals surface area (Å²) in [6.45, 7) is 6.54. The minimum Gasteiger partial charge on any atom is -0.324 e. The summed E-state index contributed by atoms with van der Waals surface area (Å²) >= 11 is 0. The zero-order valence-corrected chi connectivity index (χ0v) is 30.2. The van der Waals surface area contributed by atoms with Gasteiger partial charge in [0.1, 0.15) is 0 Å². The van der Waals surface area contributed by atoms with Crippen LogP contribution in [0.3, 0.4) is 0 Å². The summed E-state index contributed by atoms with van der Waals surface area (Å²) in [5, 5.41) is 0. The third-order valence-electron chi connectivity index (χ3n) is 9.08. The van der Waals surface area contributed by atoms with E-state index in [-0.39, 0.29) is 6.10 Å². The molecule has 0 spiro atoms. The summed E-state index contributed by atoms with van der Waals surface area (Å²) in [7, 11) is -3.43. The molecule has 0 aliphatic rings. The number of unbranched alkanes of at least 4 members (excludes halogenated alkanes) is 28. The van der Waals surface area contributed by atoms with Crippen molar-refractivity contribution >= 4 is 7.60 Å². The Hall–Kier alpha value is 0.150. The Balaban J connectivity index is 3.78. The fourth-order valence-corrected chi connectivity index (χ4v) is 7.65. The van der Waals surface area contributed by atoms with Gasteiger partial charge in [-0.2, -0.15) is 0 Å². The first-order chi connectivity index (χ1) is 20.6. The molecule has 4 heteroatoms. The van der Waals surface area contributed by atoms with Crippen LogP contribution in [0.4, 0.5) is 0 Å². The van der Waals surface area contributed by atoms with E-state index < -0.39 is 7.60 Å². The highest BCUT2D eigenvalue weighted by atomic mass is 31.2. The monoisotopic (exact) mass is 615 g/mol. The summed E-state index contributed by atoms with van der Waals surface area (Å²) in [5.41, 5.74) is 0. The minimum atomic E-state index is -3.43. The maximum atomic E-state index is 12.5. The molecule has 0 radical (unpaired) electrons. The van der Waals surface area contributed by atoms with Gasteiger partial charge in [-0.05, 0) is 19.3 Å². The van der Waals surface area contributed by atoms with Crippen LogP contribution >= 0.6 is 7.60 Å². The van der Waals surface area contributed by atoms with Crippen molar-refractivity contribution < 1.29 is 14.0 Å². The fraction of sp³-hybridized carbons (Fsp3) is 1.00. The molecule has 0 aromatic carbocycles. The highest BCUT2D eigenvalue weighted by Gasteiger charge is 2.23. The normalized spacial score (nSPS) is 13.9. The highest BCUT2D eigenvalue weighted by molar-refractivity contribution is 7.52. The van der Waals surface area contributed by atoms with Gasteiger partial charge in [0, 0.05) is 6.16 Å². The van der Waals surface area contributed by atoms with E-state index >= 15 is 0 Å². The molecule has 0 rings (SSSR count). The summed E-state index contributed by atoms with van der Waals surface area (Å²) < 4.78 is 18.3. The number of hydrogen-bond acceptors (Lipinski definition) is 2. The van der Waals surface area contributed by atoms with E-state index in [1.165, 1.54) is 180 Å². The second-order valence-corrected chi connectivity index (χ2v) is 15.5. The fourth-order valence-electron chi connectivity index (χ4n) is 6.30.